The zero-order chi connectivity index (χ0) is 14.3. The molecule has 0 aromatic heterocycles. The minimum atomic E-state index is -0.215. The molecule has 6 N–H and O–H groups in total. The van der Waals surface area contributed by atoms with Gasteiger partial charge in [-0.3, -0.25) is 9.59 Å². The van der Waals surface area contributed by atoms with E-state index in [1.54, 1.807) is 0 Å². The molecule has 2 heterocycles. The quantitative estimate of drug-likeness (QED) is 0.467. The number of amides is 2. The summed E-state index contributed by atoms with van der Waals surface area (Å²) >= 11 is 0. The van der Waals surface area contributed by atoms with Gasteiger partial charge in [-0.15, -0.1) is 0 Å². The molecule has 2 saturated heterocycles. The van der Waals surface area contributed by atoms with Gasteiger partial charge in [0.1, 0.15) is 0 Å². The van der Waals surface area contributed by atoms with Gasteiger partial charge in [0.15, 0.2) is 0 Å². The molecule has 2 aliphatic heterocycles. The van der Waals surface area contributed by atoms with Crippen LogP contribution in [0.1, 0.15) is 38.5 Å². The average molecular weight is 280 g/mol. The van der Waals surface area contributed by atoms with E-state index in [1.165, 1.54) is 12.8 Å². The minimum absolute atomic E-state index is 0.0506. The first-order valence-corrected chi connectivity index (χ1v) is 7.70. The van der Waals surface area contributed by atoms with Gasteiger partial charge in [0, 0.05) is 23.9 Å². The Labute approximate surface area is 119 Å². The van der Waals surface area contributed by atoms with Crippen LogP contribution >= 0.6 is 0 Å². The van der Waals surface area contributed by atoms with E-state index in [4.69, 9.17) is 11.5 Å². The lowest BCUT2D eigenvalue weighted by molar-refractivity contribution is -0.121. The fourth-order valence-electron chi connectivity index (χ4n) is 4.14. The summed E-state index contributed by atoms with van der Waals surface area (Å²) in [6.07, 6.45) is 6.97. The van der Waals surface area contributed by atoms with E-state index in [-0.39, 0.29) is 23.9 Å². The fraction of sp³-hybridized carbons (Fsp3) is 0.857. The maximum atomic E-state index is 11.0. The molecule has 6 atom stereocenters. The van der Waals surface area contributed by atoms with E-state index >= 15 is 0 Å². The van der Waals surface area contributed by atoms with Crippen molar-refractivity contribution >= 4 is 11.8 Å². The van der Waals surface area contributed by atoms with Crippen molar-refractivity contribution in [2.24, 2.45) is 23.3 Å². The molecule has 0 radical (unpaired) electrons. The Morgan fingerprint density at radius 3 is 1.50 bits per heavy atom. The predicted molar refractivity (Wildman–Crippen MR) is 74.5 cm³/mol. The topological polar surface area (TPSA) is 110 Å². The van der Waals surface area contributed by atoms with Gasteiger partial charge in [0.05, 0.1) is 12.1 Å². The highest BCUT2D eigenvalue weighted by Crippen LogP contribution is 2.32. The van der Waals surface area contributed by atoms with Gasteiger partial charge in [-0.25, -0.2) is 0 Å². The summed E-state index contributed by atoms with van der Waals surface area (Å²) in [5.41, 5.74) is 11.3. The number of carbonyl (C=O) groups is 2. The molecule has 2 amide bonds. The Balaban J connectivity index is 0.000000121. The summed E-state index contributed by atoms with van der Waals surface area (Å²) in [5.74, 6) is 0.976. The second-order valence-corrected chi connectivity index (χ2v) is 6.47. The first kappa shape index (κ1) is 13.8. The van der Waals surface area contributed by atoms with Crippen molar-refractivity contribution in [1.82, 2.24) is 10.6 Å². The molecule has 6 nitrogen and oxygen atoms in total. The van der Waals surface area contributed by atoms with Crippen molar-refractivity contribution < 1.29 is 9.59 Å². The van der Waals surface area contributed by atoms with Gasteiger partial charge in [0.2, 0.25) is 11.8 Å². The largest absolute Gasteiger partial charge is 0.352 e. The van der Waals surface area contributed by atoms with Crippen molar-refractivity contribution in [3.8, 4) is 0 Å². The van der Waals surface area contributed by atoms with Crippen molar-refractivity contribution in [2.75, 3.05) is 0 Å². The van der Waals surface area contributed by atoms with Crippen molar-refractivity contribution in [3.05, 3.63) is 0 Å². The molecule has 4 rings (SSSR count). The van der Waals surface area contributed by atoms with E-state index in [2.05, 4.69) is 10.6 Å². The van der Waals surface area contributed by atoms with E-state index in [9.17, 15) is 9.59 Å². The number of fused-ring (bicyclic) bond motifs is 2. The van der Waals surface area contributed by atoms with Crippen LogP contribution in [0.2, 0.25) is 0 Å². The molecule has 2 aliphatic carbocycles. The van der Waals surface area contributed by atoms with Crippen LogP contribution in [0.25, 0.3) is 0 Å². The van der Waals surface area contributed by atoms with E-state index in [0.29, 0.717) is 23.9 Å². The molecular formula is C14H24N4O2. The zero-order valence-electron chi connectivity index (χ0n) is 11.7. The number of hydrogen-bond acceptors (Lipinski definition) is 4. The third-order valence-electron chi connectivity index (χ3n) is 5.32. The van der Waals surface area contributed by atoms with Gasteiger partial charge in [0.25, 0.3) is 0 Å². The SMILES string of the molecule is N[C@@H]1C(=O)N[C@H]2CCC[C@H]21.N[C@H]1C(=O)N[C@@H]2CCC[C@@H]21. The normalized spacial score (nSPS) is 45.3. The summed E-state index contributed by atoms with van der Waals surface area (Å²) in [4.78, 5) is 21.9. The zero-order valence-corrected chi connectivity index (χ0v) is 11.7. The molecule has 6 heteroatoms. The third-order valence-corrected chi connectivity index (χ3v) is 5.32. The Morgan fingerprint density at radius 2 is 1.15 bits per heavy atom. The number of nitrogens with one attached hydrogen (secondary N) is 2. The molecule has 112 valence electrons. The summed E-state index contributed by atoms with van der Waals surface area (Å²) in [6.45, 7) is 0. The minimum Gasteiger partial charge on any atom is -0.352 e. The van der Waals surface area contributed by atoms with Crippen LogP contribution in [0.4, 0.5) is 0 Å². The molecule has 4 aliphatic rings. The van der Waals surface area contributed by atoms with Gasteiger partial charge in [-0.2, -0.15) is 0 Å². The molecule has 20 heavy (non-hydrogen) atoms. The van der Waals surface area contributed by atoms with Crippen molar-refractivity contribution in [3.63, 3.8) is 0 Å². The van der Waals surface area contributed by atoms with Crippen LogP contribution in [-0.2, 0) is 9.59 Å². The molecule has 2 saturated carbocycles. The summed E-state index contributed by atoms with van der Waals surface area (Å²) in [7, 11) is 0. The summed E-state index contributed by atoms with van der Waals surface area (Å²) in [6, 6.07) is 0.380. The smallest absolute Gasteiger partial charge is 0.237 e. The maximum Gasteiger partial charge on any atom is 0.237 e. The first-order chi connectivity index (χ1) is 9.58. The van der Waals surface area contributed by atoms with Gasteiger partial charge >= 0.3 is 0 Å². The van der Waals surface area contributed by atoms with E-state index in [1.807, 2.05) is 0 Å². The van der Waals surface area contributed by atoms with Crippen LogP contribution in [0, 0.1) is 11.8 Å². The lowest BCUT2D eigenvalue weighted by Gasteiger charge is -2.08. The van der Waals surface area contributed by atoms with E-state index < -0.39 is 0 Å². The third kappa shape index (κ3) is 2.31. The molecule has 0 aromatic carbocycles. The standard InChI is InChI=1S/2C7H12N2O/c2*8-6-4-2-1-3-5(4)9-7(6)10/h2*4-6H,1-3,8H2,(H,9,10)/t2*4-,5+,6+/m10/s1. The highest BCUT2D eigenvalue weighted by atomic mass is 16.2. The molecule has 0 unspecified atom stereocenters. The Hall–Kier alpha value is -1.14. The van der Waals surface area contributed by atoms with Crippen LogP contribution in [0.5, 0.6) is 0 Å². The Morgan fingerprint density at radius 1 is 0.750 bits per heavy atom. The molecule has 0 bridgehead atoms. The number of carbonyl (C=O) groups excluding carboxylic acids is 2. The molecule has 0 spiro atoms. The highest BCUT2D eigenvalue weighted by molar-refractivity contribution is 5.85. The van der Waals surface area contributed by atoms with Crippen molar-refractivity contribution in [1.29, 1.82) is 0 Å². The average Bonchev–Trinajstić information content (AvgIpc) is 3.13. The lowest BCUT2D eigenvalue weighted by Crippen LogP contribution is -2.33. The van der Waals surface area contributed by atoms with Crippen LogP contribution in [0.3, 0.4) is 0 Å². The monoisotopic (exact) mass is 280 g/mol. The highest BCUT2D eigenvalue weighted by Gasteiger charge is 2.43. The van der Waals surface area contributed by atoms with Crippen LogP contribution in [-0.4, -0.2) is 36.0 Å². The number of rotatable bonds is 0. The lowest BCUT2D eigenvalue weighted by atomic mass is 10.0. The maximum absolute atomic E-state index is 11.0. The van der Waals surface area contributed by atoms with Crippen molar-refractivity contribution in [2.45, 2.75) is 62.7 Å². The van der Waals surface area contributed by atoms with Crippen LogP contribution < -0.4 is 22.1 Å². The number of hydrogen-bond donors (Lipinski definition) is 4. The molecular weight excluding hydrogens is 256 g/mol. The second-order valence-electron chi connectivity index (χ2n) is 6.47. The first-order valence-electron chi connectivity index (χ1n) is 7.70. The summed E-state index contributed by atoms with van der Waals surface area (Å²) < 4.78 is 0. The summed E-state index contributed by atoms with van der Waals surface area (Å²) in [5, 5.41) is 5.80. The molecule has 4 fully saturated rings. The predicted octanol–water partition coefficient (Wildman–Crippen LogP) is -0.776. The van der Waals surface area contributed by atoms with Gasteiger partial charge < -0.3 is 22.1 Å². The number of nitrogens with two attached hydrogens (primary N) is 2. The Kier molecular flexibility index (Phi) is 3.69. The van der Waals surface area contributed by atoms with Crippen LogP contribution in [0.15, 0.2) is 0 Å². The Bertz CT molecular complexity index is 376. The fourth-order valence-corrected chi connectivity index (χ4v) is 4.14. The second kappa shape index (κ2) is 5.33. The van der Waals surface area contributed by atoms with Gasteiger partial charge in [-0.1, -0.05) is 12.8 Å². The van der Waals surface area contributed by atoms with E-state index in [0.717, 1.165) is 25.7 Å². The van der Waals surface area contributed by atoms with Gasteiger partial charge in [-0.05, 0) is 25.7 Å². The molecule has 0 aromatic rings.